The molecule has 0 spiro atoms. The minimum absolute atomic E-state index is 0.498. The minimum atomic E-state index is -0.498. The lowest BCUT2D eigenvalue weighted by Crippen LogP contribution is -2.06. The van der Waals surface area contributed by atoms with Crippen LogP contribution < -0.4 is 4.74 Å². The smallest absolute Gasteiger partial charge is 0.122 e. The van der Waals surface area contributed by atoms with Crippen molar-refractivity contribution >= 4 is 0 Å². The summed E-state index contributed by atoms with van der Waals surface area (Å²) < 4.78 is 5.38. The van der Waals surface area contributed by atoms with Gasteiger partial charge in [-0.2, -0.15) is 0 Å². The molecule has 1 atom stereocenters. The quantitative estimate of drug-likeness (QED) is 0.894. The number of aryl methyl sites for hydroxylation is 2. The Morgan fingerprint density at radius 2 is 1.85 bits per heavy atom. The first-order valence-electron chi connectivity index (χ1n) is 7.05. The van der Waals surface area contributed by atoms with Crippen molar-refractivity contribution in [1.82, 2.24) is 0 Å². The highest BCUT2D eigenvalue weighted by Crippen LogP contribution is 2.27. The second-order valence-electron chi connectivity index (χ2n) is 5.09. The fraction of sp³-hybridized carbons (Fsp3) is 0.333. The number of aliphatic hydroxyl groups excluding tert-OH is 1. The zero-order chi connectivity index (χ0) is 14.5. The fourth-order valence-corrected chi connectivity index (χ4v) is 2.57. The Balaban J connectivity index is 2.27. The monoisotopic (exact) mass is 270 g/mol. The molecule has 0 saturated heterocycles. The third-order valence-electron chi connectivity index (χ3n) is 3.64. The van der Waals surface area contributed by atoms with Crippen LogP contribution in [0.1, 0.15) is 35.3 Å². The van der Waals surface area contributed by atoms with E-state index in [9.17, 15) is 5.11 Å². The fourth-order valence-electron chi connectivity index (χ4n) is 2.57. The molecule has 0 amide bonds. The highest BCUT2D eigenvalue weighted by Gasteiger charge is 2.14. The largest absolute Gasteiger partial charge is 0.496 e. The van der Waals surface area contributed by atoms with Gasteiger partial charge < -0.3 is 9.84 Å². The summed E-state index contributed by atoms with van der Waals surface area (Å²) in [6.45, 7) is 4.16. The van der Waals surface area contributed by atoms with Crippen molar-refractivity contribution in [2.75, 3.05) is 7.11 Å². The van der Waals surface area contributed by atoms with Crippen LogP contribution in [0.2, 0.25) is 0 Å². The number of methoxy groups -OCH3 is 1. The van der Waals surface area contributed by atoms with Crippen LogP contribution >= 0.6 is 0 Å². The van der Waals surface area contributed by atoms with E-state index >= 15 is 0 Å². The number of benzene rings is 2. The summed E-state index contributed by atoms with van der Waals surface area (Å²) in [5.41, 5.74) is 4.44. The normalized spacial score (nSPS) is 12.2. The highest BCUT2D eigenvalue weighted by atomic mass is 16.5. The van der Waals surface area contributed by atoms with Gasteiger partial charge in [0.25, 0.3) is 0 Å². The van der Waals surface area contributed by atoms with Crippen molar-refractivity contribution < 1.29 is 9.84 Å². The first-order valence-corrected chi connectivity index (χ1v) is 7.05. The minimum Gasteiger partial charge on any atom is -0.496 e. The molecule has 20 heavy (non-hydrogen) atoms. The summed E-state index contributed by atoms with van der Waals surface area (Å²) in [6.07, 6.45) is 1.00. The van der Waals surface area contributed by atoms with Gasteiger partial charge in [-0.25, -0.2) is 0 Å². The second kappa shape index (κ2) is 6.58. The summed E-state index contributed by atoms with van der Waals surface area (Å²) >= 11 is 0. The molecule has 2 rings (SSSR count). The van der Waals surface area contributed by atoms with Gasteiger partial charge in [-0.1, -0.05) is 48.9 Å². The van der Waals surface area contributed by atoms with E-state index in [1.807, 2.05) is 30.3 Å². The maximum atomic E-state index is 10.5. The van der Waals surface area contributed by atoms with Gasteiger partial charge in [0.15, 0.2) is 0 Å². The first-order chi connectivity index (χ1) is 9.65. The van der Waals surface area contributed by atoms with Crippen LogP contribution in [-0.2, 0) is 12.8 Å². The lowest BCUT2D eigenvalue weighted by atomic mass is 9.95. The summed E-state index contributed by atoms with van der Waals surface area (Å²) in [4.78, 5) is 0. The Morgan fingerprint density at radius 1 is 1.10 bits per heavy atom. The van der Waals surface area contributed by atoms with Gasteiger partial charge in [0, 0.05) is 6.42 Å². The molecule has 0 bridgehead atoms. The van der Waals surface area contributed by atoms with Crippen molar-refractivity contribution in [2.45, 2.75) is 32.8 Å². The average Bonchev–Trinajstić information content (AvgIpc) is 2.47. The van der Waals surface area contributed by atoms with Crippen LogP contribution in [-0.4, -0.2) is 12.2 Å². The van der Waals surface area contributed by atoms with Gasteiger partial charge in [-0.05, 0) is 36.1 Å². The molecule has 0 aliphatic carbocycles. The Morgan fingerprint density at radius 3 is 2.55 bits per heavy atom. The predicted octanol–water partition coefficient (Wildman–Crippen LogP) is 3.84. The molecule has 2 aromatic carbocycles. The highest BCUT2D eigenvalue weighted by molar-refractivity contribution is 5.39. The Hall–Kier alpha value is -1.80. The van der Waals surface area contributed by atoms with Gasteiger partial charge in [0.1, 0.15) is 5.75 Å². The molecule has 0 radical (unpaired) electrons. The standard InChI is InChI=1S/C18H22O2/c1-4-14-7-5-6-8-16(14)17(19)12-15-11-13(2)9-10-18(15)20-3/h5-11,17,19H,4,12H2,1-3H3. The summed E-state index contributed by atoms with van der Waals surface area (Å²) in [6, 6.07) is 14.1. The molecule has 0 heterocycles. The average molecular weight is 270 g/mol. The van der Waals surface area contributed by atoms with Crippen LogP contribution in [0.3, 0.4) is 0 Å². The van der Waals surface area contributed by atoms with Crippen molar-refractivity contribution in [3.8, 4) is 5.75 Å². The van der Waals surface area contributed by atoms with E-state index in [1.165, 1.54) is 11.1 Å². The Kier molecular flexibility index (Phi) is 4.80. The number of aliphatic hydroxyl groups is 1. The third-order valence-corrected chi connectivity index (χ3v) is 3.64. The van der Waals surface area contributed by atoms with Crippen LogP contribution in [0.15, 0.2) is 42.5 Å². The molecular weight excluding hydrogens is 248 g/mol. The molecular formula is C18H22O2. The lowest BCUT2D eigenvalue weighted by molar-refractivity contribution is 0.176. The molecule has 0 saturated carbocycles. The summed E-state index contributed by atoms with van der Waals surface area (Å²) in [7, 11) is 1.67. The SMILES string of the molecule is CCc1ccccc1C(O)Cc1cc(C)ccc1OC. The molecule has 0 aliphatic heterocycles. The van der Waals surface area contributed by atoms with E-state index in [0.717, 1.165) is 23.3 Å². The molecule has 1 N–H and O–H groups in total. The molecule has 0 fully saturated rings. The topological polar surface area (TPSA) is 29.5 Å². The van der Waals surface area contributed by atoms with E-state index in [4.69, 9.17) is 4.74 Å². The van der Waals surface area contributed by atoms with E-state index in [2.05, 4.69) is 26.0 Å². The van der Waals surface area contributed by atoms with E-state index < -0.39 is 6.10 Å². The number of hydrogen-bond donors (Lipinski definition) is 1. The van der Waals surface area contributed by atoms with E-state index in [0.29, 0.717) is 6.42 Å². The first kappa shape index (κ1) is 14.6. The predicted molar refractivity (Wildman–Crippen MR) is 82.2 cm³/mol. The van der Waals surface area contributed by atoms with Gasteiger partial charge in [0.2, 0.25) is 0 Å². The molecule has 1 unspecified atom stereocenters. The van der Waals surface area contributed by atoms with Crippen molar-refractivity contribution in [3.05, 3.63) is 64.7 Å². The molecule has 2 nitrogen and oxygen atoms in total. The van der Waals surface area contributed by atoms with Crippen LogP contribution in [0.25, 0.3) is 0 Å². The zero-order valence-corrected chi connectivity index (χ0v) is 12.4. The van der Waals surface area contributed by atoms with Crippen LogP contribution in [0.4, 0.5) is 0 Å². The number of hydrogen-bond acceptors (Lipinski definition) is 2. The number of ether oxygens (including phenoxy) is 1. The number of rotatable bonds is 5. The molecule has 2 heteroatoms. The maximum Gasteiger partial charge on any atom is 0.122 e. The molecule has 0 aromatic heterocycles. The van der Waals surface area contributed by atoms with Crippen LogP contribution in [0, 0.1) is 6.92 Å². The second-order valence-corrected chi connectivity index (χ2v) is 5.09. The van der Waals surface area contributed by atoms with Crippen LogP contribution in [0.5, 0.6) is 5.75 Å². The Bertz CT molecular complexity index is 575. The summed E-state index contributed by atoms with van der Waals surface area (Å²) in [5, 5.41) is 10.5. The van der Waals surface area contributed by atoms with Crippen molar-refractivity contribution in [3.63, 3.8) is 0 Å². The summed E-state index contributed by atoms with van der Waals surface area (Å²) in [5.74, 6) is 0.837. The zero-order valence-electron chi connectivity index (χ0n) is 12.4. The van der Waals surface area contributed by atoms with Gasteiger partial charge in [-0.3, -0.25) is 0 Å². The third kappa shape index (κ3) is 3.20. The van der Waals surface area contributed by atoms with Crippen molar-refractivity contribution in [1.29, 1.82) is 0 Å². The maximum absolute atomic E-state index is 10.5. The molecule has 0 aliphatic rings. The van der Waals surface area contributed by atoms with E-state index in [-0.39, 0.29) is 0 Å². The van der Waals surface area contributed by atoms with E-state index in [1.54, 1.807) is 7.11 Å². The molecule has 106 valence electrons. The van der Waals surface area contributed by atoms with Gasteiger partial charge in [-0.15, -0.1) is 0 Å². The van der Waals surface area contributed by atoms with Gasteiger partial charge >= 0.3 is 0 Å². The van der Waals surface area contributed by atoms with Crippen molar-refractivity contribution in [2.24, 2.45) is 0 Å². The molecule has 2 aromatic rings. The Labute approximate surface area is 121 Å². The van der Waals surface area contributed by atoms with Gasteiger partial charge in [0.05, 0.1) is 13.2 Å². The lowest BCUT2D eigenvalue weighted by Gasteiger charge is -2.17.